The number of anilines is 1. The van der Waals surface area contributed by atoms with Crippen LogP contribution < -0.4 is 16.8 Å². The Kier molecular flexibility index (Phi) is 6.70. The smallest absolute Gasteiger partial charge is 0.353 e. The molecular weight excluding hydrogens is 452 g/mol. The fourth-order valence-corrected chi connectivity index (χ4v) is 5.68. The van der Waals surface area contributed by atoms with Gasteiger partial charge in [0.1, 0.15) is 22.8 Å². The van der Waals surface area contributed by atoms with Crippen molar-refractivity contribution >= 4 is 63.5 Å². The lowest BCUT2D eigenvalue weighted by atomic mass is 10.0. The van der Waals surface area contributed by atoms with Crippen molar-refractivity contribution in [1.29, 1.82) is 0 Å². The first kappa shape index (κ1) is 22.1. The lowest BCUT2D eigenvalue weighted by Gasteiger charge is -2.49. The third kappa shape index (κ3) is 4.16. The highest BCUT2D eigenvalue weighted by Crippen LogP contribution is 2.43. The zero-order valence-electron chi connectivity index (χ0n) is 15.6. The molecular formula is C16H18N6O5S3. The molecule has 2 atom stereocenters. The predicted octanol–water partition coefficient (Wildman–Crippen LogP) is 0.195. The Morgan fingerprint density at radius 1 is 1.53 bits per heavy atom. The number of aliphatic carboxylic acids is 1. The van der Waals surface area contributed by atoms with Gasteiger partial charge in [-0.05, 0) is 12.3 Å². The van der Waals surface area contributed by atoms with Gasteiger partial charge < -0.3 is 27.1 Å². The summed E-state index contributed by atoms with van der Waals surface area (Å²) >= 11 is 3.61. The average molecular weight is 471 g/mol. The summed E-state index contributed by atoms with van der Waals surface area (Å²) in [5, 5.41) is 27.1. The number of rotatable bonds is 7. The first-order valence-electron chi connectivity index (χ1n) is 8.46. The molecule has 2 amide bonds. The van der Waals surface area contributed by atoms with Gasteiger partial charge in [-0.1, -0.05) is 22.5 Å². The Bertz CT molecular complexity index is 988. The van der Waals surface area contributed by atoms with Crippen molar-refractivity contribution in [3.05, 3.63) is 32.7 Å². The van der Waals surface area contributed by atoms with E-state index in [0.29, 0.717) is 17.2 Å². The minimum atomic E-state index is -1.23. The highest BCUT2D eigenvalue weighted by atomic mass is 32.2. The van der Waals surface area contributed by atoms with E-state index in [-0.39, 0.29) is 22.2 Å². The van der Waals surface area contributed by atoms with Crippen molar-refractivity contribution in [2.45, 2.75) is 18.3 Å². The van der Waals surface area contributed by atoms with E-state index in [4.69, 9.17) is 11.5 Å². The van der Waals surface area contributed by atoms with Gasteiger partial charge in [-0.2, -0.15) is 0 Å². The van der Waals surface area contributed by atoms with Crippen molar-refractivity contribution in [3.63, 3.8) is 0 Å². The number of thiazole rings is 1. The molecule has 0 bridgehead atoms. The summed E-state index contributed by atoms with van der Waals surface area (Å²) < 4.78 is 0. The Morgan fingerprint density at radius 2 is 2.27 bits per heavy atom. The minimum absolute atomic E-state index is 0.0734. The van der Waals surface area contributed by atoms with E-state index >= 15 is 0 Å². The molecule has 14 heteroatoms. The molecule has 0 aromatic carbocycles. The number of nitrogens with one attached hydrogen (secondary N) is 1. The van der Waals surface area contributed by atoms with Gasteiger partial charge in [-0.15, -0.1) is 23.1 Å². The number of carboxylic acids is 1. The number of amides is 2. The van der Waals surface area contributed by atoms with Crippen LogP contribution in [0.5, 0.6) is 0 Å². The van der Waals surface area contributed by atoms with E-state index in [1.54, 1.807) is 5.41 Å². The lowest BCUT2D eigenvalue weighted by Crippen LogP contribution is -2.71. The van der Waals surface area contributed by atoms with E-state index in [1.807, 2.05) is 6.92 Å². The van der Waals surface area contributed by atoms with Crippen LogP contribution in [0.3, 0.4) is 0 Å². The molecule has 1 aromatic heterocycles. The van der Waals surface area contributed by atoms with Crippen LogP contribution in [0.4, 0.5) is 5.13 Å². The highest BCUT2D eigenvalue weighted by molar-refractivity contribution is 8.08. The van der Waals surface area contributed by atoms with Crippen LogP contribution in [0.1, 0.15) is 12.6 Å². The number of oxime groups is 1. The molecule has 0 saturated carbocycles. The Balaban J connectivity index is 1.77. The number of nitrogens with two attached hydrogens (primary N) is 2. The number of carboxylic acid groups (broad SMARTS) is 1. The van der Waals surface area contributed by atoms with E-state index < -0.39 is 29.2 Å². The van der Waals surface area contributed by atoms with Gasteiger partial charge in [0.2, 0.25) is 0 Å². The molecule has 1 fully saturated rings. The number of hydrogen-bond acceptors (Lipinski definition) is 11. The molecule has 160 valence electrons. The second-order valence-electron chi connectivity index (χ2n) is 6.24. The fraction of sp³-hybridized carbons (Fsp3) is 0.312. The summed E-state index contributed by atoms with van der Waals surface area (Å²) in [6.45, 7) is 2.16. The number of fused-ring (bicyclic) bond motifs is 1. The zero-order chi connectivity index (χ0) is 22.0. The summed E-state index contributed by atoms with van der Waals surface area (Å²) in [7, 11) is 0. The van der Waals surface area contributed by atoms with Crippen LogP contribution in [0, 0.1) is 0 Å². The molecule has 1 unspecified atom stereocenters. The molecule has 0 aliphatic carbocycles. The van der Waals surface area contributed by atoms with Crippen molar-refractivity contribution in [2.24, 2.45) is 10.9 Å². The van der Waals surface area contributed by atoms with Crippen LogP contribution in [0.2, 0.25) is 0 Å². The van der Waals surface area contributed by atoms with Gasteiger partial charge in [0.05, 0.1) is 0 Å². The average Bonchev–Trinajstić information content (AvgIpc) is 3.15. The van der Waals surface area contributed by atoms with E-state index in [1.165, 1.54) is 28.9 Å². The van der Waals surface area contributed by atoms with Crippen molar-refractivity contribution in [1.82, 2.24) is 15.2 Å². The number of hydrogen-bond donors (Lipinski definition) is 5. The number of nitrogen functional groups attached to an aromatic ring is 1. The minimum Gasteiger partial charge on any atom is -0.477 e. The van der Waals surface area contributed by atoms with Crippen molar-refractivity contribution < 1.29 is 24.7 Å². The van der Waals surface area contributed by atoms with Gasteiger partial charge in [0.25, 0.3) is 11.8 Å². The predicted molar refractivity (Wildman–Crippen MR) is 115 cm³/mol. The largest absolute Gasteiger partial charge is 0.477 e. The first-order valence-corrected chi connectivity index (χ1v) is 11.3. The Labute approximate surface area is 183 Å². The molecule has 7 N–H and O–H groups in total. The van der Waals surface area contributed by atoms with E-state index in [2.05, 4.69) is 15.5 Å². The lowest BCUT2D eigenvalue weighted by molar-refractivity contribution is -0.150. The number of carbonyl (C=O) groups is 3. The standard InChI is InChI=1S/C16H18N6O5S3/c1-6(2-17)3-28-8-5-29-14-10(13(24)22(14)11(8)15(25)26)20-12(23)9(21-27)7-4-30-16(18)19-7/h3-4,10,14,27H,2,5,17H2,1H3,(H2,18,19)(H,20,23)(H,25,26)/b6-3+,21-9-/t10?,14-/m1/s1. The van der Waals surface area contributed by atoms with Gasteiger partial charge in [-0.25, -0.2) is 9.78 Å². The second-order valence-corrected chi connectivity index (χ2v) is 9.20. The van der Waals surface area contributed by atoms with Gasteiger partial charge >= 0.3 is 5.97 Å². The summed E-state index contributed by atoms with van der Waals surface area (Å²) in [6, 6.07) is -0.961. The monoisotopic (exact) mass is 470 g/mol. The molecule has 2 aliphatic heterocycles. The summed E-state index contributed by atoms with van der Waals surface area (Å²) in [4.78, 5) is 42.5. The van der Waals surface area contributed by atoms with Gasteiger partial charge in [-0.3, -0.25) is 14.5 Å². The molecule has 30 heavy (non-hydrogen) atoms. The molecule has 2 aliphatic rings. The fourth-order valence-electron chi connectivity index (χ4n) is 2.72. The number of thioether (sulfide) groups is 2. The van der Waals surface area contributed by atoms with E-state index in [9.17, 15) is 24.7 Å². The third-order valence-corrected chi connectivity index (χ3v) is 7.51. The molecule has 3 heterocycles. The number of β-lactam (4-membered cyclic amide) rings is 1. The second kappa shape index (κ2) is 9.07. The Morgan fingerprint density at radius 3 is 2.83 bits per heavy atom. The maximum atomic E-state index is 12.7. The van der Waals surface area contributed by atoms with Gasteiger partial charge in [0.15, 0.2) is 10.8 Å². The van der Waals surface area contributed by atoms with Crippen LogP contribution in [-0.4, -0.2) is 67.4 Å². The molecule has 3 rings (SSSR count). The van der Waals surface area contributed by atoms with Crippen molar-refractivity contribution in [2.75, 3.05) is 18.0 Å². The number of carbonyl (C=O) groups excluding carboxylic acids is 2. The highest BCUT2D eigenvalue weighted by Gasteiger charge is 2.54. The first-order chi connectivity index (χ1) is 14.3. The molecule has 1 aromatic rings. The topological polar surface area (TPSA) is 184 Å². The summed E-state index contributed by atoms with van der Waals surface area (Å²) in [6.07, 6.45) is 0. The summed E-state index contributed by atoms with van der Waals surface area (Å²) in [5.41, 5.74) is 11.5. The van der Waals surface area contributed by atoms with Crippen LogP contribution >= 0.6 is 34.9 Å². The maximum absolute atomic E-state index is 12.7. The van der Waals surface area contributed by atoms with Crippen molar-refractivity contribution in [3.8, 4) is 0 Å². The summed E-state index contributed by atoms with van der Waals surface area (Å²) in [5.74, 6) is -2.25. The molecule has 11 nitrogen and oxygen atoms in total. The molecule has 1 saturated heterocycles. The maximum Gasteiger partial charge on any atom is 0.353 e. The zero-order valence-corrected chi connectivity index (χ0v) is 18.0. The van der Waals surface area contributed by atoms with Crippen LogP contribution in [0.15, 0.2) is 32.1 Å². The molecule has 0 spiro atoms. The van der Waals surface area contributed by atoms with Crippen LogP contribution in [0.25, 0.3) is 0 Å². The van der Waals surface area contributed by atoms with Gasteiger partial charge in [0, 0.05) is 22.6 Å². The Hall–Kier alpha value is -2.55. The van der Waals surface area contributed by atoms with Crippen LogP contribution in [-0.2, 0) is 14.4 Å². The SMILES string of the molecule is C/C(=C\SC1=C(C(=O)O)N2C(=O)C(NC(=O)/C(=N\O)c3csc(N)n3)[C@H]2SC1)CN. The number of aromatic nitrogens is 1. The quantitative estimate of drug-likeness (QED) is 0.159. The normalized spacial score (nSPS) is 21.9. The molecule has 0 radical (unpaired) electrons. The van der Waals surface area contributed by atoms with E-state index in [0.717, 1.165) is 21.8 Å². The number of nitrogens with zero attached hydrogens (tertiary/aromatic N) is 3. The third-order valence-electron chi connectivity index (χ3n) is 4.23.